The van der Waals surface area contributed by atoms with Gasteiger partial charge in [0.15, 0.2) is 0 Å². The average molecular weight is 703 g/mol. The molecule has 0 radical (unpaired) electrons. The van der Waals surface area contributed by atoms with Crippen molar-refractivity contribution >= 4 is 39.6 Å². The zero-order valence-electron chi connectivity index (χ0n) is 27.3. The van der Waals surface area contributed by atoms with Gasteiger partial charge in [-0.1, -0.05) is 78.7 Å². The van der Waals surface area contributed by atoms with Crippen molar-refractivity contribution in [3.8, 4) is 0 Å². The number of hydrogen-bond donors (Lipinski definition) is 2. The first kappa shape index (κ1) is 35.8. The van der Waals surface area contributed by atoms with Crippen molar-refractivity contribution in [3.05, 3.63) is 61.2 Å². The third kappa shape index (κ3) is 6.69. The Hall–Kier alpha value is -3.02. The number of carbonyl (C=O) groups is 4. The highest BCUT2D eigenvalue weighted by Gasteiger charge is 2.77. The molecule has 3 aliphatic rings. The number of allylic oxidation sites excluding steroid dienone is 1. The minimum absolute atomic E-state index is 0.0458. The zero-order valence-corrected chi connectivity index (χ0v) is 28.9. The van der Waals surface area contributed by atoms with Crippen LogP contribution in [0.4, 0.5) is 0 Å². The van der Waals surface area contributed by atoms with Crippen molar-refractivity contribution in [2.45, 2.75) is 94.1 Å². The van der Waals surface area contributed by atoms with Crippen molar-refractivity contribution in [1.29, 1.82) is 0 Å². The second kappa shape index (κ2) is 15.3. The van der Waals surface area contributed by atoms with Crippen LogP contribution in [0.25, 0.3) is 0 Å². The molecular weight excluding hydrogens is 654 g/mol. The number of ether oxygens (including phenoxy) is 2. The number of esters is 1. The summed E-state index contributed by atoms with van der Waals surface area (Å²) in [4.78, 5) is 58.6. The van der Waals surface area contributed by atoms with Gasteiger partial charge < -0.3 is 29.7 Å². The summed E-state index contributed by atoms with van der Waals surface area (Å²) in [6, 6.07) is 7.23. The standard InChI is InChI=1S/C35H48BrN3O7/c1-7-10-16-27(41)37-19-26(23-14-12-11-13-15-23)45-34(44)28-29-32(42)39(25(20-40)22(6)9-3)31(33(43)38(17-8-2)21(4)5)35(29)18-24(36)30(28)46-35/h7-8,11-15,21-22,24-26,28-31,40H,1-2,9-10,16-20H2,3-6H3,(H,37,41)/t22-,24?,25-,26-,28-,29+,30-,31-,35+/m0/s1. The third-order valence-electron chi connectivity index (χ3n) is 9.80. The van der Waals surface area contributed by atoms with Crippen LogP contribution in [-0.4, -0.2) is 93.0 Å². The van der Waals surface area contributed by atoms with Crippen molar-refractivity contribution in [1.82, 2.24) is 15.1 Å². The normalized spacial score (nSPS) is 28.4. The Morgan fingerprint density at radius 2 is 1.91 bits per heavy atom. The maximum absolute atomic E-state index is 14.6. The smallest absolute Gasteiger partial charge is 0.313 e. The number of carbonyl (C=O) groups excluding carboxylic acids is 4. The maximum atomic E-state index is 14.6. The second-order valence-corrected chi connectivity index (χ2v) is 14.1. The summed E-state index contributed by atoms with van der Waals surface area (Å²) < 4.78 is 12.8. The minimum Gasteiger partial charge on any atom is -0.455 e. The lowest BCUT2D eigenvalue weighted by atomic mass is 9.70. The molecule has 3 aliphatic heterocycles. The summed E-state index contributed by atoms with van der Waals surface area (Å²) in [5.41, 5.74) is -0.608. The fourth-order valence-corrected chi connectivity index (χ4v) is 8.22. The number of aliphatic hydroxyl groups excluding tert-OH is 1. The van der Waals surface area contributed by atoms with Crippen LogP contribution in [0, 0.1) is 17.8 Å². The molecule has 3 fully saturated rings. The fourth-order valence-electron chi connectivity index (χ4n) is 7.28. The minimum atomic E-state index is -1.30. The third-order valence-corrected chi connectivity index (χ3v) is 10.6. The zero-order chi connectivity index (χ0) is 33.8. The summed E-state index contributed by atoms with van der Waals surface area (Å²) in [5.74, 6) is -3.63. The van der Waals surface area contributed by atoms with Gasteiger partial charge in [-0.3, -0.25) is 19.2 Å². The number of rotatable bonds is 16. The van der Waals surface area contributed by atoms with Crippen LogP contribution in [0.15, 0.2) is 55.6 Å². The number of halogens is 1. The monoisotopic (exact) mass is 701 g/mol. The van der Waals surface area contributed by atoms with Gasteiger partial charge >= 0.3 is 5.97 Å². The first-order valence-electron chi connectivity index (χ1n) is 16.3. The SMILES string of the molecule is C=CCCC(=O)NC[C@H](OC(=O)[C@@H]1[C@H]2O[C@@]3(CC2Br)[C@H](C(=O)N(CC=C)C(C)C)N([C@@H](CO)[C@@H](C)CC)C(=O)[C@@H]13)c1ccccc1. The van der Waals surface area contributed by atoms with E-state index in [0.29, 0.717) is 24.8 Å². The Kier molecular flexibility index (Phi) is 11.9. The quantitative estimate of drug-likeness (QED) is 0.152. The highest BCUT2D eigenvalue weighted by molar-refractivity contribution is 9.09. The van der Waals surface area contributed by atoms with Gasteiger partial charge in [0.1, 0.15) is 17.7 Å². The molecule has 0 aliphatic carbocycles. The molecule has 0 saturated carbocycles. The van der Waals surface area contributed by atoms with Crippen molar-refractivity contribution in [2.75, 3.05) is 19.7 Å². The number of likely N-dealkylation sites (tertiary alicyclic amines) is 1. The number of nitrogens with one attached hydrogen (secondary N) is 1. The van der Waals surface area contributed by atoms with Crippen LogP contribution >= 0.6 is 15.9 Å². The number of hydrogen-bond acceptors (Lipinski definition) is 7. The Morgan fingerprint density at radius 1 is 1.22 bits per heavy atom. The lowest BCUT2D eigenvalue weighted by Crippen LogP contribution is -2.60. The van der Waals surface area contributed by atoms with Gasteiger partial charge in [0.05, 0.1) is 37.1 Å². The highest BCUT2D eigenvalue weighted by atomic mass is 79.9. The topological polar surface area (TPSA) is 125 Å². The van der Waals surface area contributed by atoms with Crippen LogP contribution < -0.4 is 5.32 Å². The molecule has 0 aromatic heterocycles. The predicted molar refractivity (Wildman–Crippen MR) is 178 cm³/mol. The number of alkyl halides is 1. The van der Waals surface area contributed by atoms with Crippen LogP contribution in [0.1, 0.15) is 65.0 Å². The summed E-state index contributed by atoms with van der Waals surface area (Å²) in [6.45, 7) is 15.2. The molecule has 2 bridgehead atoms. The molecule has 252 valence electrons. The largest absolute Gasteiger partial charge is 0.455 e. The van der Waals surface area contributed by atoms with E-state index in [1.165, 1.54) is 4.90 Å². The van der Waals surface area contributed by atoms with Crippen LogP contribution in [0.2, 0.25) is 0 Å². The molecule has 3 amide bonds. The maximum Gasteiger partial charge on any atom is 0.313 e. The first-order valence-corrected chi connectivity index (χ1v) is 17.2. The van der Waals surface area contributed by atoms with Gasteiger partial charge in [-0.15, -0.1) is 13.2 Å². The summed E-state index contributed by atoms with van der Waals surface area (Å²) >= 11 is 3.71. The van der Waals surface area contributed by atoms with Crippen molar-refractivity contribution < 1.29 is 33.8 Å². The van der Waals surface area contributed by atoms with Gasteiger partial charge in [0.2, 0.25) is 17.7 Å². The van der Waals surface area contributed by atoms with E-state index in [2.05, 4.69) is 34.4 Å². The molecule has 3 heterocycles. The average Bonchev–Trinajstić information content (AvgIpc) is 3.64. The molecule has 1 aromatic rings. The van der Waals surface area contributed by atoms with E-state index in [-0.39, 0.29) is 54.7 Å². The predicted octanol–water partition coefficient (Wildman–Crippen LogP) is 3.93. The van der Waals surface area contributed by atoms with Crippen LogP contribution in [0.3, 0.4) is 0 Å². The molecule has 3 saturated heterocycles. The molecule has 9 atom stereocenters. The number of amides is 3. The van der Waals surface area contributed by atoms with E-state index < -0.39 is 53.6 Å². The van der Waals surface area contributed by atoms with E-state index in [0.717, 1.165) is 0 Å². The fraction of sp³-hybridized carbons (Fsp3) is 0.600. The molecule has 2 N–H and O–H groups in total. The Balaban J connectivity index is 1.73. The summed E-state index contributed by atoms with van der Waals surface area (Å²) in [6.07, 6.45) is 3.57. The number of benzene rings is 1. The van der Waals surface area contributed by atoms with Gasteiger partial charge in [0.25, 0.3) is 0 Å². The lowest BCUT2D eigenvalue weighted by Gasteiger charge is -2.41. The second-order valence-electron chi connectivity index (χ2n) is 12.9. The molecule has 10 nitrogen and oxygen atoms in total. The molecule has 4 rings (SSSR count). The summed E-state index contributed by atoms with van der Waals surface area (Å²) in [7, 11) is 0. The van der Waals surface area contributed by atoms with E-state index in [1.54, 1.807) is 17.1 Å². The lowest BCUT2D eigenvalue weighted by molar-refractivity contribution is -0.161. The Bertz CT molecular complexity index is 1290. The van der Waals surface area contributed by atoms with Gasteiger partial charge in [-0.2, -0.15) is 0 Å². The highest BCUT2D eigenvalue weighted by Crippen LogP contribution is 2.61. The van der Waals surface area contributed by atoms with E-state index in [4.69, 9.17) is 9.47 Å². The molecular formula is C35H48BrN3O7. The van der Waals surface area contributed by atoms with Crippen molar-refractivity contribution in [3.63, 3.8) is 0 Å². The molecule has 1 aromatic carbocycles. The van der Waals surface area contributed by atoms with Gasteiger partial charge in [0, 0.05) is 23.8 Å². The van der Waals surface area contributed by atoms with E-state index >= 15 is 0 Å². The molecule has 11 heteroatoms. The van der Waals surface area contributed by atoms with E-state index in [9.17, 15) is 24.3 Å². The van der Waals surface area contributed by atoms with Crippen LogP contribution in [-0.2, 0) is 28.7 Å². The van der Waals surface area contributed by atoms with Crippen molar-refractivity contribution in [2.24, 2.45) is 17.8 Å². The molecule has 46 heavy (non-hydrogen) atoms. The first-order chi connectivity index (χ1) is 22.0. The Morgan fingerprint density at radius 3 is 2.50 bits per heavy atom. The number of aliphatic hydroxyl groups is 1. The summed E-state index contributed by atoms with van der Waals surface area (Å²) in [5, 5.41) is 13.4. The molecule has 1 unspecified atom stereocenters. The molecule has 1 spiro atoms. The van der Waals surface area contributed by atoms with Gasteiger partial charge in [-0.25, -0.2) is 0 Å². The van der Waals surface area contributed by atoms with Gasteiger partial charge in [-0.05, 0) is 38.2 Å². The van der Waals surface area contributed by atoms with Crippen LogP contribution in [0.5, 0.6) is 0 Å². The Labute approximate surface area is 280 Å². The number of fused-ring (bicyclic) bond motifs is 1. The van der Waals surface area contributed by atoms with E-state index in [1.807, 2.05) is 58.0 Å². The number of nitrogens with zero attached hydrogens (tertiary/aromatic N) is 2.